The average molecular weight is 334 g/mol. The summed E-state index contributed by atoms with van der Waals surface area (Å²) in [5.74, 6) is 0.0523. The molecule has 0 aromatic heterocycles. The van der Waals surface area contributed by atoms with Crippen molar-refractivity contribution in [3.05, 3.63) is 35.4 Å². The van der Waals surface area contributed by atoms with E-state index in [2.05, 4.69) is 36.5 Å². The van der Waals surface area contributed by atoms with Crippen LogP contribution in [0.5, 0.6) is 0 Å². The number of aryl methyl sites for hydroxylation is 2. The molecule has 1 rings (SSSR count). The molecule has 1 aromatic carbocycles. The number of amides is 1. The molecule has 2 N–H and O–H groups in total. The molecule has 0 radical (unpaired) electrons. The summed E-state index contributed by atoms with van der Waals surface area (Å²) >= 11 is 0. The number of unbranched alkanes of at least 4 members (excludes halogenated alkanes) is 6. The summed E-state index contributed by atoms with van der Waals surface area (Å²) in [5.41, 5.74) is 2.99. The number of nitrogens with one attached hydrogen (secondary N) is 1. The molecule has 0 aliphatic rings. The Bertz CT molecular complexity index is 445. The monoisotopic (exact) mass is 333 g/mol. The minimum absolute atomic E-state index is 0.0148. The van der Waals surface area contributed by atoms with E-state index in [1.165, 1.54) is 49.7 Å². The topological polar surface area (TPSA) is 49.3 Å². The normalized spacial score (nSPS) is 10.8. The maximum atomic E-state index is 11.5. The first-order valence-electron chi connectivity index (χ1n) is 9.72. The molecule has 3 nitrogen and oxygen atoms in total. The SMILES string of the molecule is CCCCCCCc1ccccc1CCCCCC(=O)NCCO. The van der Waals surface area contributed by atoms with Gasteiger partial charge in [0, 0.05) is 13.0 Å². The van der Waals surface area contributed by atoms with Gasteiger partial charge in [0.15, 0.2) is 0 Å². The van der Waals surface area contributed by atoms with Crippen LogP contribution in [0, 0.1) is 0 Å². The van der Waals surface area contributed by atoms with E-state index in [1.807, 2.05) is 0 Å². The Morgan fingerprint density at radius 3 is 2.08 bits per heavy atom. The van der Waals surface area contributed by atoms with Crippen molar-refractivity contribution in [1.82, 2.24) is 5.32 Å². The zero-order chi connectivity index (χ0) is 17.5. The number of benzene rings is 1. The molecule has 0 bridgehead atoms. The highest BCUT2D eigenvalue weighted by Crippen LogP contribution is 2.16. The Labute approximate surface area is 147 Å². The molecule has 1 aromatic rings. The summed E-state index contributed by atoms with van der Waals surface area (Å²) < 4.78 is 0. The van der Waals surface area contributed by atoms with Gasteiger partial charge in [0.25, 0.3) is 0 Å². The summed E-state index contributed by atoms with van der Waals surface area (Å²) in [4.78, 5) is 11.5. The zero-order valence-electron chi connectivity index (χ0n) is 15.4. The van der Waals surface area contributed by atoms with Gasteiger partial charge < -0.3 is 10.4 Å². The van der Waals surface area contributed by atoms with E-state index in [0.717, 1.165) is 25.7 Å². The fourth-order valence-electron chi connectivity index (χ4n) is 3.03. The lowest BCUT2D eigenvalue weighted by molar-refractivity contribution is -0.121. The molecule has 0 aliphatic heterocycles. The second-order valence-corrected chi connectivity index (χ2v) is 6.57. The van der Waals surface area contributed by atoms with Gasteiger partial charge in [0.1, 0.15) is 0 Å². The lowest BCUT2D eigenvalue weighted by Gasteiger charge is -2.09. The van der Waals surface area contributed by atoms with Crippen molar-refractivity contribution in [3.8, 4) is 0 Å². The van der Waals surface area contributed by atoms with Crippen molar-refractivity contribution in [2.75, 3.05) is 13.2 Å². The number of hydrogen-bond donors (Lipinski definition) is 2. The van der Waals surface area contributed by atoms with E-state index in [-0.39, 0.29) is 12.5 Å². The Balaban J connectivity index is 2.21. The van der Waals surface area contributed by atoms with Crippen LogP contribution in [-0.4, -0.2) is 24.2 Å². The van der Waals surface area contributed by atoms with Crippen molar-refractivity contribution in [2.45, 2.75) is 77.6 Å². The maximum absolute atomic E-state index is 11.5. The predicted octanol–water partition coefficient (Wildman–Crippen LogP) is 4.41. The summed E-state index contributed by atoms with van der Waals surface area (Å²) in [6, 6.07) is 8.82. The summed E-state index contributed by atoms with van der Waals surface area (Å²) in [5, 5.41) is 11.4. The Morgan fingerprint density at radius 1 is 0.917 bits per heavy atom. The lowest BCUT2D eigenvalue weighted by Crippen LogP contribution is -2.25. The lowest BCUT2D eigenvalue weighted by atomic mass is 9.96. The van der Waals surface area contributed by atoms with Crippen LogP contribution in [0.2, 0.25) is 0 Å². The second kappa shape index (κ2) is 14.0. The largest absolute Gasteiger partial charge is 0.395 e. The minimum Gasteiger partial charge on any atom is -0.395 e. The van der Waals surface area contributed by atoms with Gasteiger partial charge in [-0.3, -0.25) is 4.79 Å². The number of aliphatic hydroxyl groups is 1. The Hall–Kier alpha value is -1.35. The molecule has 0 heterocycles. The van der Waals surface area contributed by atoms with Gasteiger partial charge in [-0.2, -0.15) is 0 Å². The van der Waals surface area contributed by atoms with Crippen molar-refractivity contribution in [3.63, 3.8) is 0 Å². The summed E-state index contributed by atoms with van der Waals surface area (Å²) in [6.45, 7) is 2.64. The molecule has 0 aliphatic carbocycles. The standard InChI is InChI=1S/C21H35NO2/c1-2-3-4-5-7-12-19-14-10-11-15-20(19)13-8-6-9-16-21(24)22-17-18-23/h10-11,14-15,23H,2-9,12-13,16-18H2,1H3,(H,22,24). The highest BCUT2D eigenvalue weighted by molar-refractivity contribution is 5.75. The highest BCUT2D eigenvalue weighted by atomic mass is 16.3. The van der Waals surface area contributed by atoms with E-state index in [1.54, 1.807) is 0 Å². The van der Waals surface area contributed by atoms with Crippen LogP contribution in [0.15, 0.2) is 24.3 Å². The first-order chi connectivity index (χ1) is 11.8. The van der Waals surface area contributed by atoms with E-state index in [4.69, 9.17) is 5.11 Å². The Kier molecular flexibility index (Phi) is 12.1. The first-order valence-corrected chi connectivity index (χ1v) is 9.72. The zero-order valence-corrected chi connectivity index (χ0v) is 15.4. The van der Waals surface area contributed by atoms with Crippen LogP contribution in [0.3, 0.4) is 0 Å². The van der Waals surface area contributed by atoms with Gasteiger partial charge in [0.05, 0.1) is 6.61 Å². The highest BCUT2D eigenvalue weighted by Gasteiger charge is 2.03. The third-order valence-corrected chi connectivity index (χ3v) is 4.45. The van der Waals surface area contributed by atoms with Crippen LogP contribution >= 0.6 is 0 Å². The van der Waals surface area contributed by atoms with Crippen molar-refractivity contribution >= 4 is 5.91 Å². The molecular weight excluding hydrogens is 298 g/mol. The number of hydrogen-bond acceptors (Lipinski definition) is 2. The van der Waals surface area contributed by atoms with Crippen molar-refractivity contribution in [2.24, 2.45) is 0 Å². The van der Waals surface area contributed by atoms with Gasteiger partial charge in [0.2, 0.25) is 5.91 Å². The van der Waals surface area contributed by atoms with E-state index in [0.29, 0.717) is 13.0 Å². The molecule has 136 valence electrons. The van der Waals surface area contributed by atoms with E-state index >= 15 is 0 Å². The van der Waals surface area contributed by atoms with Crippen molar-refractivity contribution < 1.29 is 9.90 Å². The smallest absolute Gasteiger partial charge is 0.220 e. The summed E-state index contributed by atoms with van der Waals surface area (Å²) in [6.07, 6.45) is 12.7. The van der Waals surface area contributed by atoms with Gasteiger partial charge in [-0.1, -0.05) is 63.3 Å². The molecule has 3 heteroatoms. The third kappa shape index (κ3) is 9.71. The third-order valence-electron chi connectivity index (χ3n) is 4.45. The van der Waals surface area contributed by atoms with Gasteiger partial charge in [-0.05, 0) is 43.2 Å². The fourth-order valence-corrected chi connectivity index (χ4v) is 3.03. The van der Waals surface area contributed by atoms with Crippen LogP contribution in [0.4, 0.5) is 0 Å². The van der Waals surface area contributed by atoms with Crippen LogP contribution in [0.1, 0.15) is 75.8 Å². The first kappa shape index (κ1) is 20.7. The summed E-state index contributed by atoms with van der Waals surface area (Å²) in [7, 11) is 0. The molecule has 0 unspecified atom stereocenters. The molecule has 0 spiro atoms. The second-order valence-electron chi connectivity index (χ2n) is 6.57. The minimum atomic E-state index is 0.0148. The predicted molar refractivity (Wildman–Crippen MR) is 101 cm³/mol. The van der Waals surface area contributed by atoms with Crippen LogP contribution in [-0.2, 0) is 17.6 Å². The molecular formula is C21H35NO2. The number of carbonyl (C=O) groups is 1. The molecule has 24 heavy (non-hydrogen) atoms. The van der Waals surface area contributed by atoms with Crippen molar-refractivity contribution in [1.29, 1.82) is 0 Å². The number of carbonyl (C=O) groups excluding carboxylic acids is 1. The van der Waals surface area contributed by atoms with Crippen LogP contribution in [0.25, 0.3) is 0 Å². The molecule has 0 saturated carbocycles. The molecule has 0 saturated heterocycles. The van der Waals surface area contributed by atoms with E-state index in [9.17, 15) is 4.79 Å². The van der Waals surface area contributed by atoms with Gasteiger partial charge in [-0.15, -0.1) is 0 Å². The van der Waals surface area contributed by atoms with Gasteiger partial charge in [-0.25, -0.2) is 0 Å². The fraction of sp³-hybridized carbons (Fsp3) is 0.667. The van der Waals surface area contributed by atoms with Gasteiger partial charge >= 0.3 is 0 Å². The Morgan fingerprint density at radius 2 is 1.50 bits per heavy atom. The molecule has 0 atom stereocenters. The number of rotatable bonds is 14. The quantitative estimate of drug-likeness (QED) is 0.495. The van der Waals surface area contributed by atoms with Crippen LogP contribution < -0.4 is 5.32 Å². The molecule has 1 amide bonds. The number of aliphatic hydroxyl groups excluding tert-OH is 1. The van der Waals surface area contributed by atoms with E-state index < -0.39 is 0 Å². The molecule has 0 fully saturated rings. The maximum Gasteiger partial charge on any atom is 0.220 e. The average Bonchev–Trinajstić information content (AvgIpc) is 2.60.